The number of rotatable bonds is 5. The Bertz CT molecular complexity index is 676. The second kappa shape index (κ2) is 6.96. The maximum atomic E-state index is 4.27. The van der Waals surface area contributed by atoms with Gasteiger partial charge in [0.2, 0.25) is 0 Å². The van der Waals surface area contributed by atoms with Crippen molar-refractivity contribution < 1.29 is 0 Å². The molecular formula is C22H28. The summed E-state index contributed by atoms with van der Waals surface area (Å²) in [5.74, 6) is 0.422. The fourth-order valence-electron chi connectivity index (χ4n) is 2.90. The van der Waals surface area contributed by atoms with E-state index in [9.17, 15) is 0 Å². The van der Waals surface area contributed by atoms with Crippen LogP contribution < -0.4 is 0 Å². The van der Waals surface area contributed by atoms with Crippen LogP contribution in [-0.2, 0) is 0 Å². The summed E-state index contributed by atoms with van der Waals surface area (Å²) in [6, 6.07) is 13.6. The number of hydrogen-bond donors (Lipinski definition) is 0. The van der Waals surface area contributed by atoms with Crippen LogP contribution in [0.1, 0.15) is 54.9 Å². The molecule has 0 heterocycles. The van der Waals surface area contributed by atoms with Gasteiger partial charge in [-0.3, -0.25) is 0 Å². The van der Waals surface area contributed by atoms with Gasteiger partial charge in [-0.15, -0.1) is 0 Å². The third-order valence-electron chi connectivity index (χ3n) is 4.76. The smallest absolute Gasteiger partial charge is 0.00173 e. The molecule has 0 amide bonds. The van der Waals surface area contributed by atoms with E-state index in [1.165, 1.54) is 45.4 Å². The van der Waals surface area contributed by atoms with Crippen molar-refractivity contribution in [1.29, 1.82) is 0 Å². The molecule has 0 spiro atoms. The molecule has 0 saturated heterocycles. The van der Waals surface area contributed by atoms with E-state index in [-0.39, 0.29) is 0 Å². The lowest BCUT2D eigenvalue weighted by molar-refractivity contribution is 0.787. The number of benzene rings is 2. The molecule has 1 unspecified atom stereocenters. The van der Waals surface area contributed by atoms with Gasteiger partial charge in [0, 0.05) is 5.92 Å². The fourth-order valence-corrected chi connectivity index (χ4v) is 2.90. The van der Waals surface area contributed by atoms with Crippen LogP contribution in [0.4, 0.5) is 0 Å². The first-order valence-corrected chi connectivity index (χ1v) is 8.29. The molecule has 2 aromatic carbocycles. The molecular weight excluding hydrogens is 264 g/mol. The van der Waals surface area contributed by atoms with Crippen molar-refractivity contribution in [1.82, 2.24) is 0 Å². The topological polar surface area (TPSA) is 0 Å². The van der Waals surface area contributed by atoms with E-state index in [2.05, 4.69) is 77.6 Å². The van der Waals surface area contributed by atoms with E-state index in [1.807, 2.05) is 0 Å². The summed E-state index contributed by atoms with van der Waals surface area (Å²) in [6.07, 6.45) is 2.27. The zero-order valence-electron chi connectivity index (χ0n) is 14.7. The van der Waals surface area contributed by atoms with Crippen molar-refractivity contribution in [3.63, 3.8) is 0 Å². The lowest BCUT2D eigenvalue weighted by Gasteiger charge is -2.17. The Hall–Kier alpha value is -1.82. The second-order valence-corrected chi connectivity index (χ2v) is 6.50. The molecule has 116 valence electrons. The van der Waals surface area contributed by atoms with Crippen LogP contribution >= 0.6 is 0 Å². The van der Waals surface area contributed by atoms with Crippen LogP contribution in [0.2, 0.25) is 0 Å². The quantitative estimate of drug-likeness (QED) is 0.535. The van der Waals surface area contributed by atoms with Crippen molar-refractivity contribution in [3.05, 3.63) is 70.8 Å². The number of hydrogen-bond acceptors (Lipinski definition) is 0. The van der Waals surface area contributed by atoms with Crippen molar-refractivity contribution in [3.8, 4) is 11.1 Å². The van der Waals surface area contributed by atoms with Gasteiger partial charge in [-0.1, -0.05) is 68.8 Å². The molecule has 2 aromatic rings. The molecule has 22 heavy (non-hydrogen) atoms. The van der Waals surface area contributed by atoms with Crippen molar-refractivity contribution >= 4 is 0 Å². The molecule has 0 radical (unpaired) electrons. The Labute approximate surface area is 135 Å². The molecule has 0 aliphatic heterocycles. The molecule has 0 N–H and O–H groups in total. The first kappa shape index (κ1) is 16.5. The average Bonchev–Trinajstić information content (AvgIpc) is 2.50. The van der Waals surface area contributed by atoms with E-state index in [4.69, 9.17) is 0 Å². The minimum atomic E-state index is 0.422. The maximum Gasteiger partial charge on any atom is 0.00173 e. The standard InChI is InChI=1S/C22H28/c1-7-8-16(3)19(6)20-11-10-17(4)22(14-20)21-12-9-15(2)18(5)13-21/h9-14,19H,3,7-8H2,1-2,4-6H3. The van der Waals surface area contributed by atoms with Crippen molar-refractivity contribution in [2.75, 3.05) is 0 Å². The highest BCUT2D eigenvalue weighted by molar-refractivity contribution is 5.69. The van der Waals surface area contributed by atoms with Gasteiger partial charge in [-0.2, -0.15) is 0 Å². The number of aryl methyl sites for hydroxylation is 3. The third kappa shape index (κ3) is 3.50. The summed E-state index contributed by atoms with van der Waals surface area (Å²) in [5.41, 5.74) is 9.40. The largest absolute Gasteiger partial charge is 0.0993 e. The van der Waals surface area contributed by atoms with Crippen LogP contribution in [-0.4, -0.2) is 0 Å². The van der Waals surface area contributed by atoms with Gasteiger partial charge in [0.1, 0.15) is 0 Å². The minimum absolute atomic E-state index is 0.422. The lowest BCUT2D eigenvalue weighted by Crippen LogP contribution is -1.98. The summed E-state index contributed by atoms with van der Waals surface area (Å²) < 4.78 is 0. The summed E-state index contributed by atoms with van der Waals surface area (Å²) in [5, 5.41) is 0. The van der Waals surface area contributed by atoms with Crippen LogP contribution in [0.5, 0.6) is 0 Å². The van der Waals surface area contributed by atoms with Gasteiger partial charge >= 0.3 is 0 Å². The highest BCUT2D eigenvalue weighted by Gasteiger charge is 2.12. The monoisotopic (exact) mass is 292 g/mol. The van der Waals surface area contributed by atoms with Gasteiger partial charge in [-0.25, -0.2) is 0 Å². The van der Waals surface area contributed by atoms with Gasteiger partial charge in [-0.05, 0) is 60.6 Å². The minimum Gasteiger partial charge on any atom is -0.0993 e. The SMILES string of the molecule is C=C(CCC)C(C)c1ccc(C)c(-c2ccc(C)c(C)c2)c1. The molecule has 2 rings (SSSR count). The zero-order valence-corrected chi connectivity index (χ0v) is 14.7. The van der Waals surface area contributed by atoms with Crippen LogP contribution in [0.3, 0.4) is 0 Å². The molecule has 0 aromatic heterocycles. The Morgan fingerprint density at radius 1 is 0.955 bits per heavy atom. The predicted octanol–water partition coefficient (Wildman–Crippen LogP) is 6.74. The Morgan fingerprint density at radius 3 is 2.27 bits per heavy atom. The van der Waals surface area contributed by atoms with Crippen LogP contribution in [0, 0.1) is 20.8 Å². The first-order valence-electron chi connectivity index (χ1n) is 8.29. The highest BCUT2D eigenvalue weighted by atomic mass is 14.2. The third-order valence-corrected chi connectivity index (χ3v) is 4.76. The molecule has 0 heteroatoms. The molecule has 0 nitrogen and oxygen atoms in total. The van der Waals surface area contributed by atoms with Gasteiger partial charge in [0.05, 0.1) is 0 Å². The van der Waals surface area contributed by atoms with Crippen molar-refractivity contribution in [2.24, 2.45) is 0 Å². The van der Waals surface area contributed by atoms with Gasteiger partial charge in [0.25, 0.3) is 0 Å². The Balaban J connectivity index is 2.42. The summed E-state index contributed by atoms with van der Waals surface area (Å²) in [4.78, 5) is 0. The number of allylic oxidation sites excluding steroid dienone is 1. The van der Waals surface area contributed by atoms with E-state index >= 15 is 0 Å². The molecule has 1 atom stereocenters. The van der Waals surface area contributed by atoms with Gasteiger partial charge in [0.15, 0.2) is 0 Å². The molecule has 0 aliphatic rings. The van der Waals surface area contributed by atoms with E-state index in [0.717, 1.165) is 6.42 Å². The van der Waals surface area contributed by atoms with E-state index in [1.54, 1.807) is 0 Å². The normalized spacial score (nSPS) is 12.2. The van der Waals surface area contributed by atoms with Crippen LogP contribution in [0.25, 0.3) is 11.1 Å². The average molecular weight is 292 g/mol. The summed E-state index contributed by atoms with van der Waals surface area (Å²) in [6.45, 7) is 15.3. The molecule has 0 saturated carbocycles. The fraction of sp³-hybridized carbons (Fsp3) is 0.364. The van der Waals surface area contributed by atoms with E-state index < -0.39 is 0 Å². The first-order chi connectivity index (χ1) is 10.4. The maximum absolute atomic E-state index is 4.27. The molecule has 0 aliphatic carbocycles. The second-order valence-electron chi connectivity index (χ2n) is 6.50. The lowest BCUT2D eigenvalue weighted by atomic mass is 9.87. The zero-order chi connectivity index (χ0) is 16.3. The Kier molecular flexibility index (Phi) is 5.24. The molecule has 0 bridgehead atoms. The summed E-state index contributed by atoms with van der Waals surface area (Å²) >= 11 is 0. The highest BCUT2D eigenvalue weighted by Crippen LogP contribution is 2.32. The van der Waals surface area contributed by atoms with Gasteiger partial charge < -0.3 is 0 Å². The van der Waals surface area contributed by atoms with Crippen molar-refractivity contribution in [2.45, 2.75) is 53.4 Å². The molecule has 0 fully saturated rings. The summed E-state index contributed by atoms with van der Waals surface area (Å²) in [7, 11) is 0. The van der Waals surface area contributed by atoms with Crippen LogP contribution in [0.15, 0.2) is 48.6 Å². The Morgan fingerprint density at radius 2 is 1.64 bits per heavy atom. The predicted molar refractivity (Wildman–Crippen MR) is 98.6 cm³/mol. The van der Waals surface area contributed by atoms with E-state index in [0.29, 0.717) is 5.92 Å².